The Morgan fingerprint density at radius 2 is 1.96 bits per heavy atom. The van der Waals surface area contributed by atoms with Gasteiger partial charge in [-0.25, -0.2) is 4.98 Å². The van der Waals surface area contributed by atoms with Gasteiger partial charge in [0.05, 0.1) is 5.69 Å². The molecule has 0 atom stereocenters. The van der Waals surface area contributed by atoms with Crippen LogP contribution in [0.2, 0.25) is 0 Å². The summed E-state index contributed by atoms with van der Waals surface area (Å²) in [6, 6.07) is 3.90. The number of likely N-dealkylation sites (tertiary alicyclic amines) is 1. The first kappa shape index (κ1) is 17.5. The van der Waals surface area contributed by atoms with E-state index in [1.54, 1.807) is 0 Å². The van der Waals surface area contributed by atoms with E-state index in [1.807, 2.05) is 41.5 Å². The molecule has 1 aliphatic rings. The molecule has 0 bridgehead atoms. The molecule has 2 aromatic rings. The second-order valence-corrected chi connectivity index (χ2v) is 6.73. The SMILES string of the molecule is Cc1nc2c(C)cccn2c1C(=O)NCCCC(=O)N1CCCCC1. The van der Waals surface area contributed by atoms with E-state index in [-0.39, 0.29) is 11.8 Å². The molecule has 0 unspecified atom stereocenters. The van der Waals surface area contributed by atoms with Crippen LogP contribution in [-0.2, 0) is 4.79 Å². The number of imidazole rings is 1. The Kier molecular flexibility index (Phi) is 5.36. The third kappa shape index (κ3) is 3.83. The Morgan fingerprint density at radius 3 is 2.72 bits per heavy atom. The number of nitrogens with zero attached hydrogens (tertiary/aromatic N) is 3. The van der Waals surface area contributed by atoms with Crippen molar-refractivity contribution in [1.29, 1.82) is 0 Å². The Morgan fingerprint density at radius 1 is 1.20 bits per heavy atom. The number of pyridine rings is 1. The number of piperidine rings is 1. The predicted molar refractivity (Wildman–Crippen MR) is 96.7 cm³/mol. The zero-order valence-corrected chi connectivity index (χ0v) is 15.0. The molecule has 0 radical (unpaired) electrons. The first-order chi connectivity index (χ1) is 12.1. The van der Waals surface area contributed by atoms with Crippen LogP contribution in [0.3, 0.4) is 0 Å². The zero-order chi connectivity index (χ0) is 17.8. The second kappa shape index (κ2) is 7.68. The molecule has 0 spiro atoms. The lowest BCUT2D eigenvalue weighted by Gasteiger charge is -2.26. The fourth-order valence-corrected chi connectivity index (χ4v) is 3.42. The van der Waals surface area contributed by atoms with Crippen molar-refractivity contribution >= 4 is 17.5 Å². The van der Waals surface area contributed by atoms with E-state index in [4.69, 9.17) is 0 Å². The van der Waals surface area contributed by atoms with Gasteiger partial charge in [-0.05, 0) is 51.2 Å². The summed E-state index contributed by atoms with van der Waals surface area (Å²) in [7, 11) is 0. The van der Waals surface area contributed by atoms with Gasteiger partial charge in [-0.1, -0.05) is 6.07 Å². The minimum atomic E-state index is -0.138. The van der Waals surface area contributed by atoms with Crippen molar-refractivity contribution in [3.05, 3.63) is 35.3 Å². The quantitative estimate of drug-likeness (QED) is 0.849. The zero-order valence-electron chi connectivity index (χ0n) is 15.0. The molecule has 1 aliphatic heterocycles. The number of rotatable bonds is 5. The van der Waals surface area contributed by atoms with E-state index >= 15 is 0 Å². The summed E-state index contributed by atoms with van der Waals surface area (Å²) in [5.41, 5.74) is 3.14. The van der Waals surface area contributed by atoms with Crippen LogP contribution in [0.5, 0.6) is 0 Å². The fourth-order valence-electron chi connectivity index (χ4n) is 3.42. The van der Waals surface area contributed by atoms with Gasteiger partial charge in [0.15, 0.2) is 0 Å². The Balaban J connectivity index is 1.54. The lowest BCUT2D eigenvalue weighted by Crippen LogP contribution is -2.36. The summed E-state index contributed by atoms with van der Waals surface area (Å²) in [5.74, 6) is 0.0663. The number of carbonyl (C=O) groups excluding carboxylic acids is 2. The Hall–Kier alpha value is -2.37. The van der Waals surface area contributed by atoms with Crippen LogP contribution in [0.1, 0.15) is 53.8 Å². The van der Waals surface area contributed by atoms with Crippen molar-refractivity contribution in [2.45, 2.75) is 46.0 Å². The molecule has 1 fully saturated rings. The van der Waals surface area contributed by atoms with Crippen molar-refractivity contribution in [2.24, 2.45) is 0 Å². The van der Waals surface area contributed by atoms with E-state index in [0.717, 1.165) is 42.8 Å². The molecule has 2 aromatic heterocycles. The molecule has 134 valence electrons. The van der Waals surface area contributed by atoms with Gasteiger partial charge in [-0.3, -0.25) is 14.0 Å². The smallest absolute Gasteiger partial charge is 0.270 e. The van der Waals surface area contributed by atoms with Crippen LogP contribution >= 0.6 is 0 Å². The summed E-state index contributed by atoms with van der Waals surface area (Å²) in [5, 5.41) is 2.93. The van der Waals surface area contributed by atoms with Crippen LogP contribution in [0.25, 0.3) is 5.65 Å². The highest BCUT2D eigenvalue weighted by molar-refractivity contribution is 5.94. The number of fused-ring (bicyclic) bond motifs is 1. The van der Waals surface area contributed by atoms with Crippen LogP contribution in [-0.4, -0.2) is 45.7 Å². The number of nitrogens with one attached hydrogen (secondary N) is 1. The highest BCUT2D eigenvalue weighted by Crippen LogP contribution is 2.15. The minimum absolute atomic E-state index is 0.138. The van der Waals surface area contributed by atoms with Crippen molar-refractivity contribution in [2.75, 3.05) is 19.6 Å². The molecule has 25 heavy (non-hydrogen) atoms. The predicted octanol–water partition coefficient (Wildman–Crippen LogP) is 2.47. The van der Waals surface area contributed by atoms with Crippen LogP contribution in [0.15, 0.2) is 18.3 Å². The summed E-state index contributed by atoms with van der Waals surface area (Å²) in [6.45, 7) is 6.09. The molecule has 1 saturated heterocycles. The molecule has 3 heterocycles. The lowest BCUT2D eigenvalue weighted by atomic mass is 10.1. The molecule has 0 aliphatic carbocycles. The van der Waals surface area contributed by atoms with E-state index in [0.29, 0.717) is 25.1 Å². The lowest BCUT2D eigenvalue weighted by molar-refractivity contribution is -0.132. The maximum absolute atomic E-state index is 12.5. The average Bonchev–Trinajstić information content (AvgIpc) is 2.96. The largest absolute Gasteiger partial charge is 0.351 e. The standard InChI is InChI=1S/C19H26N4O2/c1-14-8-7-13-23-17(15(2)21-18(14)23)19(25)20-10-6-9-16(24)22-11-4-3-5-12-22/h7-8,13H,3-6,9-12H2,1-2H3,(H,20,25). The first-order valence-electron chi connectivity index (χ1n) is 9.08. The second-order valence-electron chi connectivity index (χ2n) is 6.73. The molecule has 6 heteroatoms. The summed E-state index contributed by atoms with van der Waals surface area (Å²) in [4.78, 5) is 31.1. The van der Waals surface area contributed by atoms with Gasteiger partial charge < -0.3 is 10.2 Å². The van der Waals surface area contributed by atoms with Crippen LogP contribution < -0.4 is 5.32 Å². The molecular weight excluding hydrogens is 316 g/mol. The average molecular weight is 342 g/mol. The topological polar surface area (TPSA) is 66.7 Å². The third-order valence-electron chi connectivity index (χ3n) is 4.80. The number of aromatic nitrogens is 2. The Labute approximate surface area is 148 Å². The number of aryl methyl sites for hydroxylation is 2. The highest BCUT2D eigenvalue weighted by Gasteiger charge is 2.18. The molecule has 6 nitrogen and oxygen atoms in total. The first-order valence-corrected chi connectivity index (χ1v) is 9.08. The van der Waals surface area contributed by atoms with Gasteiger partial charge >= 0.3 is 0 Å². The monoisotopic (exact) mass is 342 g/mol. The van der Waals surface area contributed by atoms with E-state index in [2.05, 4.69) is 10.3 Å². The molecule has 0 saturated carbocycles. The number of hydrogen-bond acceptors (Lipinski definition) is 3. The van der Waals surface area contributed by atoms with Gasteiger partial charge in [0, 0.05) is 32.3 Å². The van der Waals surface area contributed by atoms with E-state index in [1.165, 1.54) is 6.42 Å². The fraction of sp³-hybridized carbons (Fsp3) is 0.526. The number of carbonyl (C=O) groups is 2. The van der Waals surface area contributed by atoms with Gasteiger partial charge in [0.25, 0.3) is 5.91 Å². The van der Waals surface area contributed by atoms with Crippen LogP contribution in [0, 0.1) is 13.8 Å². The molecule has 1 N–H and O–H groups in total. The van der Waals surface area contributed by atoms with Gasteiger partial charge in [-0.15, -0.1) is 0 Å². The van der Waals surface area contributed by atoms with Crippen LogP contribution in [0.4, 0.5) is 0 Å². The Bertz CT molecular complexity index is 775. The molecule has 0 aromatic carbocycles. The maximum Gasteiger partial charge on any atom is 0.270 e. The summed E-state index contributed by atoms with van der Waals surface area (Å²) >= 11 is 0. The minimum Gasteiger partial charge on any atom is -0.351 e. The highest BCUT2D eigenvalue weighted by atomic mass is 16.2. The van der Waals surface area contributed by atoms with Crippen molar-refractivity contribution < 1.29 is 9.59 Å². The van der Waals surface area contributed by atoms with Gasteiger partial charge in [-0.2, -0.15) is 0 Å². The maximum atomic E-state index is 12.5. The van der Waals surface area contributed by atoms with Gasteiger partial charge in [0.1, 0.15) is 11.3 Å². The van der Waals surface area contributed by atoms with Crippen molar-refractivity contribution in [3.8, 4) is 0 Å². The number of amides is 2. The van der Waals surface area contributed by atoms with E-state index < -0.39 is 0 Å². The van der Waals surface area contributed by atoms with Crippen molar-refractivity contribution in [1.82, 2.24) is 19.6 Å². The molecule has 3 rings (SSSR count). The van der Waals surface area contributed by atoms with Gasteiger partial charge in [0.2, 0.25) is 5.91 Å². The van der Waals surface area contributed by atoms with E-state index in [9.17, 15) is 9.59 Å². The summed E-state index contributed by atoms with van der Waals surface area (Å²) in [6.07, 6.45) is 6.45. The molecule has 2 amide bonds. The normalized spacial score (nSPS) is 14.7. The number of hydrogen-bond donors (Lipinski definition) is 1. The van der Waals surface area contributed by atoms with Crippen molar-refractivity contribution in [3.63, 3.8) is 0 Å². The third-order valence-corrected chi connectivity index (χ3v) is 4.80. The molecular formula is C19H26N4O2. The summed E-state index contributed by atoms with van der Waals surface area (Å²) < 4.78 is 1.83.